The molecule has 2 rings (SSSR count). The van der Waals surface area contributed by atoms with Crippen LogP contribution >= 0.6 is 0 Å². The summed E-state index contributed by atoms with van der Waals surface area (Å²) < 4.78 is 38.1. The van der Waals surface area contributed by atoms with Crippen LogP contribution in [0.5, 0.6) is 0 Å². The van der Waals surface area contributed by atoms with Crippen molar-refractivity contribution in [3.05, 3.63) is 71.3 Å². The zero-order chi connectivity index (χ0) is 15.5. The van der Waals surface area contributed by atoms with Crippen molar-refractivity contribution in [1.29, 1.82) is 0 Å². The van der Waals surface area contributed by atoms with Crippen LogP contribution in [0.2, 0.25) is 0 Å². The molecular formula is C16H11F3O2. The molecule has 0 radical (unpaired) electrons. The number of rotatable bonds is 3. The Morgan fingerprint density at radius 3 is 2.24 bits per heavy atom. The van der Waals surface area contributed by atoms with Gasteiger partial charge in [-0.2, -0.15) is 13.2 Å². The fourth-order valence-corrected chi connectivity index (χ4v) is 1.85. The highest BCUT2D eigenvalue weighted by molar-refractivity contribution is 6.20. The molecule has 0 aromatic heterocycles. The predicted octanol–water partition coefficient (Wildman–Crippen LogP) is 4.33. The van der Waals surface area contributed by atoms with Gasteiger partial charge < -0.3 is 5.11 Å². The largest absolute Gasteiger partial charge is 0.478 e. The lowest BCUT2D eigenvalue weighted by molar-refractivity contribution is -0.137. The first-order valence-corrected chi connectivity index (χ1v) is 6.05. The van der Waals surface area contributed by atoms with E-state index in [1.54, 1.807) is 30.3 Å². The number of hydrogen-bond acceptors (Lipinski definition) is 1. The van der Waals surface area contributed by atoms with Crippen LogP contribution in [0.4, 0.5) is 13.2 Å². The molecule has 0 aliphatic heterocycles. The summed E-state index contributed by atoms with van der Waals surface area (Å²) >= 11 is 0. The first kappa shape index (κ1) is 14.8. The molecule has 0 amide bonds. The Balaban J connectivity index is 2.50. The number of alkyl halides is 3. The van der Waals surface area contributed by atoms with Crippen LogP contribution in [-0.2, 0) is 11.0 Å². The molecule has 0 spiro atoms. The van der Waals surface area contributed by atoms with Gasteiger partial charge in [-0.15, -0.1) is 0 Å². The molecule has 0 heterocycles. The van der Waals surface area contributed by atoms with Crippen molar-refractivity contribution in [3.8, 4) is 0 Å². The minimum absolute atomic E-state index is 0.0150. The van der Waals surface area contributed by atoms with Crippen molar-refractivity contribution >= 4 is 17.6 Å². The maximum atomic E-state index is 12.7. The van der Waals surface area contributed by atoms with Crippen LogP contribution in [0.25, 0.3) is 11.6 Å². The van der Waals surface area contributed by atoms with Gasteiger partial charge in [-0.1, -0.05) is 42.5 Å². The average Bonchev–Trinajstić information content (AvgIpc) is 2.45. The maximum Gasteiger partial charge on any atom is 0.416 e. The van der Waals surface area contributed by atoms with Crippen LogP contribution in [0.1, 0.15) is 16.7 Å². The van der Waals surface area contributed by atoms with E-state index in [9.17, 15) is 23.1 Å². The van der Waals surface area contributed by atoms with Gasteiger partial charge in [0.1, 0.15) is 0 Å². The smallest absolute Gasteiger partial charge is 0.416 e. The Labute approximate surface area is 119 Å². The molecule has 0 fully saturated rings. The van der Waals surface area contributed by atoms with Crippen molar-refractivity contribution in [2.75, 3.05) is 0 Å². The molecule has 2 aromatic carbocycles. The van der Waals surface area contributed by atoms with Crippen molar-refractivity contribution in [2.45, 2.75) is 6.18 Å². The minimum Gasteiger partial charge on any atom is -0.478 e. The summed E-state index contributed by atoms with van der Waals surface area (Å²) in [6.07, 6.45) is -3.16. The number of carboxylic acids is 1. The Hall–Kier alpha value is -2.56. The lowest BCUT2D eigenvalue weighted by Gasteiger charge is -2.09. The zero-order valence-corrected chi connectivity index (χ0v) is 10.8. The van der Waals surface area contributed by atoms with Crippen molar-refractivity contribution < 1.29 is 23.1 Å². The number of benzene rings is 2. The summed E-state index contributed by atoms with van der Waals surface area (Å²) in [5.74, 6) is -1.28. The summed E-state index contributed by atoms with van der Waals surface area (Å²) in [6.45, 7) is 0. The van der Waals surface area contributed by atoms with Gasteiger partial charge in [-0.05, 0) is 29.3 Å². The second-order valence-electron chi connectivity index (χ2n) is 4.35. The van der Waals surface area contributed by atoms with Crippen LogP contribution in [-0.4, -0.2) is 11.1 Å². The first-order valence-electron chi connectivity index (χ1n) is 6.05. The molecule has 0 aliphatic rings. The molecule has 0 bridgehead atoms. The van der Waals surface area contributed by atoms with E-state index < -0.39 is 17.7 Å². The molecule has 0 unspecified atom stereocenters. The molecule has 0 saturated carbocycles. The SMILES string of the molecule is O=C(O)/C(=C/c1ccccc1)c1cccc(C(F)(F)F)c1. The highest BCUT2D eigenvalue weighted by Crippen LogP contribution is 2.31. The lowest BCUT2D eigenvalue weighted by Crippen LogP contribution is -2.06. The Kier molecular flexibility index (Phi) is 4.12. The van der Waals surface area contributed by atoms with Gasteiger partial charge in [0.25, 0.3) is 0 Å². The van der Waals surface area contributed by atoms with Gasteiger partial charge in [-0.25, -0.2) is 4.79 Å². The molecular weight excluding hydrogens is 281 g/mol. The van der Waals surface area contributed by atoms with Crippen molar-refractivity contribution in [1.82, 2.24) is 0 Å². The standard InChI is InChI=1S/C16H11F3O2/c17-16(18,19)13-8-4-7-12(10-13)14(15(20)21)9-11-5-2-1-3-6-11/h1-10H,(H,20,21)/b14-9+. The topological polar surface area (TPSA) is 37.3 Å². The van der Waals surface area contributed by atoms with Crippen LogP contribution in [0, 0.1) is 0 Å². The normalized spacial score (nSPS) is 12.2. The van der Waals surface area contributed by atoms with Gasteiger partial charge in [0.15, 0.2) is 0 Å². The molecule has 1 N–H and O–H groups in total. The quantitative estimate of drug-likeness (QED) is 0.675. The lowest BCUT2D eigenvalue weighted by atomic mass is 10.0. The Morgan fingerprint density at radius 1 is 1.00 bits per heavy atom. The summed E-state index contributed by atoms with van der Waals surface area (Å²) in [5.41, 5.74) is -0.444. The third-order valence-corrected chi connectivity index (χ3v) is 2.84. The third kappa shape index (κ3) is 3.72. The van der Waals surface area contributed by atoms with Crippen molar-refractivity contribution in [3.63, 3.8) is 0 Å². The molecule has 2 aromatic rings. The summed E-state index contributed by atoms with van der Waals surface area (Å²) in [5, 5.41) is 9.23. The van der Waals surface area contributed by atoms with E-state index in [0.717, 1.165) is 12.1 Å². The first-order chi connectivity index (χ1) is 9.88. The summed E-state index contributed by atoms with van der Waals surface area (Å²) in [4.78, 5) is 11.3. The van der Waals surface area contributed by atoms with E-state index >= 15 is 0 Å². The molecule has 108 valence electrons. The molecule has 0 aliphatic carbocycles. The fraction of sp³-hybridized carbons (Fsp3) is 0.0625. The molecule has 0 atom stereocenters. The van der Waals surface area contributed by atoms with E-state index in [2.05, 4.69) is 0 Å². The fourth-order valence-electron chi connectivity index (χ4n) is 1.85. The highest BCUT2D eigenvalue weighted by atomic mass is 19.4. The number of carbonyl (C=O) groups is 1. The van der Waals surface area contributed by atoms with Crippen LogP contribution < -0.4 is 0 Å². The predicted molar refractivity (Wildman–Crippen MR) is 73.4 cm³/mol. The second-order valence-corrected chi connectivity index (χ2v) is 4.35. The van der Waals surface area contributed by atoms with Gasteiger partial charge in [0.05, 0.1) is 11.1 Å². The third-order valence-electron chi connectivity index (χ3n) is 2.84. The van der Waals surface area contributed by atoms with E-state index in [4.69, 9.17) is 0 Å². The van der Waals surface area contributed by atoms with E-state index in [1.807, 2.05) is 0 Å². The monoisotopic (exact) mass is 292 g/mol. The Morgan fingerprint density at radius 2 is 1.67 bits per heavy atom. The zero-order valence-electron chi connectivity index (χ0n) is 10.8. The second kappa shape index (κ2) is 5.83. The van der Waals surface area contributed by atoms with Crippen LogP contribution in [0.15, 0.2) is 54.6 Å². The van der Waals surface area contributed by atoms with Gasteiger partial charge >= 0.3 is 12.1 Å². The molecule has 0 saturated heterocycles. The summed E-state index contributed by atoms with van der Waals surface area (Å²) in [7, 11) is 0. The van der Waals surface area contributed by atoms with E-state index in [-0.39, 0.29) is 11.1 Å². The van der Waals surface area contributed by atoms with E-state index in [0.29, 0.717) is 5.56 Å². The number of aliphatic carboxylic acids is 1. The molecule has 2 nitrogen and oxygen atoms in total. The molecule has 5 heteroatoms. The Bertz CT molecular complexity index is 673. The average molecular weight is 292 g/mol. The van der Waals surface area contributed by atoms with E-state index in [1.165, 1.54) is 18.2 Å². The molecule has 21 heavy (non-hydrogen) atoms. The minimum atomic E-state index is -4.51. The van der Waals surface area contributed by atoms with Crippen molar-refractivity contribution in [2.24, 2.45) is 0 Å². The summed E-state index contributed by atoms with van der Waals surface area (Å²) in [6, 6.07) is 12.8. The number of halogens is 3. The van der Waals surface area contributed by atoms with Gasteiger partial charge in [0.2, 0.25) is 0 Å². The number of hydrogen-bond donors (Lipinski definition) is 1. The van der Waals surface area contributed by atoms with Gasteiger partial charge in [-0.3, -0.25) is 0 Å². The highest BCUT2D eigenvalue weighted by Gasteiger charge is 2.30. The number of carboxylic acid groups (broad SMARTS) is 1. The van der Waals surface area contributed by atoms with Gasteiger partial charge in [0, 0.05) is 0 Å². The maximum absolute atomic E-state index is 12.7. The van der Waals surface area contributed by atoms with Crippen LogP contribution in [0.3, 0.4) is 0 Å².